The molecule has 0 aromatic heterocycles. The zero-order valence-corrected chi connectivity index (χ0v) is 12.3. The van der Waals surface area contributed by atoms with E-state index in [4.69, 9.17) is 21.4 Å². The molecule has 0 amide bonds. The van der Waals surface area contributed by atoms with E-state index < -0.39 is 5.97 Å². The summed E-state index contributed by atoms with van der Waals surface area (Å²) >= 11 is 6.43. The van der Waals surface area contributed by atoms with Crippen molar-refractivity contribution < 1.29 is 14.6 Å². The van der Waals surface area contributed by atoms with Crippen molar-refractivity contribution >= 4 is 17.6 Å². The van der Waals surface area contributed by atoms with E-state index in [0.717, 1.165) is 29.7 Å². The maximum atomic E-state index is 10.8. The summed E-state index contributed by atoms with van der Waals surface area (Å²) in [5.74, 6) is -0.0727. The van der Waals surface area contributed by atoms with E-state index in [1.165, 1.54) is 0 Å². The summed E-state index contributed by atoms with van der Waals surface area (Å²) in [6.07, 6.45) is 1.87. The molecular formula is C15H19ClO3. The number of halogens is 1. The Balaban J connectivity index is 2.33. The molecule has 1 N–H and O–H groups in total. The highest BCUT2D eigenvalue weighted by atomic mass is 35.5. The Morgan fingerprint density at radius 2 is 2.21 bits per heavy atom. The van der Waals surface area contributed by atoms with Crippen molar-refractivity contribution in [2.75, 3.05) is 0 Å². The second-order valence-corrected chi connectivity index (χ2v) is 6.18. The van der Waals surface area contributed by atoms with E-state index >= 15 is 0 Å². The Labute approximate surface area is 118 Å². The smallest absolute Gasteiger partial charge is 0.303 e. The van der Waals surface area contributed by atoms with Crippen LogP contribution in [0.1, 0.15) is 50.7 Å². The van der Waals surface area contributed by atoms with Crippen LogP contribution >= 0.6 is 11.6 Å². The minimum atomic E-state index is -0.807. The van der Waals surface area contributed by atoms with Crippen LogP contribution in [0.15, 0.2) is 12.1 Å². The molecule has 3 nitrogen and oxygen atoms in total. The lowest BCUT2D eigenvalue weighted by atomic mass is 9.90. The molecule has 0 saturated heterocycles. The van der Waals surface area contributed by atoms with Crippen LogP contribution in [0.4, 0.5) is 0 Å². The monoisotopic (exact) mass is 282 g/mol. The van der Waals surface area contributed by atoms with Crippen molar-refractivity contribution in [2.24, 2.45) is 0 Å². The van der Waals surface area contributed by atoms with Gasteiger partial charge in [0.1, 0.15) is 11.4 Å². The third-order valence-corrected chi connectivity index (χ3v) is 4.05. The number of aliphatic carboxylic acids is 1. The minimum absolute atomic E-state index is 0.0882. The molecule has 1 heterocycles. The van der Waals surface area contributed by atoms with Gasteiger partial charge < -0.3 is 9.84 Å². The van der Waals surface area contributed by atoms with Crippen LogP contribution in [-0.4, -0.2) is 16.7 Å². The van der Waals surface area contributed by atoms with Gasteiger partial charge in [-0.05, 0) is 44.2 Å². The molecule has 1 aromatic carbocycles. The highest BCUT2D eigenvalue weighted by molar-refractivity contribution is 6.32. The number of carbonyl (C=O) groups is 1. The van der Waals surface area contributed by atoms with Crippen molar-refractivity contribution in [1.82, 2.24) is 0 Å². The van der Waals surface area contributed by atoms with Gasteiger partial charge in [-0.2, -0.15) is 0 Å². The standard InChI is InChI=1S/C15H19ClO3/c1-9(8-13(17)18)10-4-5-12-11(14(10)16)6-7-15(2,3)19-12/h4-5,9H,6-8H2,1-3H3,(H,17,18). The second kappa shape index (κ2) is 5.04. The molecule has 0 bridgehead atoms. The predicted octanol–water partition coefficient (Wildman–Crippen LogP) is 4.02. The topological polar surface area (TPSA) is 46.5 Å². The molecule has 1 unspecified atom stereocenters. The van der Waals surface area contributed by atoms with Gasteiger partial charge in [-0.25, -0.2) is 0 Å². The molecule has 0 fully saturated rings. The number of ether oxygens (including phenoxy) is 1. The fourth-order valence-electron chi connectivity index (χ4n) is 2.48. The Hall–Kier alpha value is -1.22. The van der Waals surface area contributed by atoms with Crippen molar-refractivity contribution in [1.29, 1.82) is 0 Å². The molecule has 1 atom stereocenters. The van der Waals surface area contributed by atoms with Gasteiger partial charge in [0.2, 0.25) is 0 Å². The van der Waals surface area contributed by atoms with Crippen molar-refractivity contribution in [3.05, 3.63) is 28.3 Å². The first-order valence-corrected chi connectivity index (χ1v) is 6.90. The molecular weight excluding hydrogens is 264 g/mol. The van der Waals surface area contributed by atoms with Gasteiger partial charge in [-0.3, -0.25) is 4.79 Å². The molecule has 0 radical (unpaired) electrons. The van der Waals surface area contributed by atoms with E-state index in [0.29, 0.717) is 5.02 Å². The van der Waals surface area contributed by atoms with E-state index in [9.17, 15) is 4.79 Å². The molecule has 4 heteroatoms. The van der Waals surface area contributed by atoms with Gasteiger partial charge in [0.05, 0.1) is 11.4 Å². The summed E-state index contributed by atoms with van der Waals surface area (Å²) in [6, 6.07) is 3.80. The molecule has 1 aliphatic rings. The van der Waals surface area contributed by atoms with Crippen molar-refractivity contribution in [2.45, 2.75) is 51.6 Å². The normalized spacial score (nSPS) is 18.3. The molecule has 2 rings (SSSR count). The van der Waals surface area contributed by atoms with Crippen LogP contribution in [0.25, 0.3) is 0 Å². The quantitative estimate of drug-likeness (QED) is 0.911. The van der Waals surface area contributed by atoms with Crippen LogP contribution < -0.4 is 4.74 Å². The SMILES string of the molecule is CC(CC(=O)O)c1ccc2c(c1Cl)CCC(C)(C)O2. The zero-order chi connectivity index (χ0) is 14.2. The Morgan fingerprint density at radius 3 is 2.84 bits per heavy atom. The third-order valence-electron chi connectivity index (χ3n) is 3.61. The van der Waals surface area contributed by atoms with Crippen LogP contribution in [0.5, 0.6) is 5.75 Å². The van der Waals surface area contributed by atoms with Gasteiger partial charge >= 0.3 is 5.97 Å². The maximum absolute atomic E-state index is 10.8. The average Bonchev–Trinajstić information content (AvgIpc) is 2.26. The largest absolute Gasteiger partial charge is 0.488 e. The van der Waals surface area contributed by atoms with Gasteiger partial charge in [-0.15, -0.1) is 0 Å². The van der Waals surface area contributed by atoms with Gasteiger partial charge in [0.15, 0.2) is 0 Å². The first-order chi connectivity index (χ1) is 8.80. The summed E-state index contributed by atoms with van der Waals surface area (Å²) in [4.78, 5) is 10.8. The highest BCUT2D eigenvalue weighted by Gasteiger charge is 2.29. The Morgan fingerprint density at radius 1 is 1.53 bits per heavy atom. The van der Waals surface area contributed by atoms with Crippen molar-refractivity contribution in [3.8, 4) is 5.75 Å². The van der Waals surface area contributed by atoms with E-state index in [-0.39, 0.29) is 17.9 Å². The first kappa shape index (κ1) is 14.2. The Kier molecular flexibility index (Phi) is 3.77. The fraction of sp³-hybridized carbons (Fsp3) is 0.533. The van der Waals surface area contributed by atoms with E-state index in [1.54, 1.807) is 0 Å². The van der Waals surface area contributed by atoms with Crippen LogP contribution in [0.3, 0.4) is 0 Å². The second-order valence-electron chi connectivity index (χ2n) is 5.81. The Bertz CT molecular complexity index is 508. The summed E-state index contributed by atoms with van der Waals surface area (Å²) in [5, 5.41) is 9.54. The lowest BCUT2D eigenvalue weighted by molar-refractivity contribution is -0.137. The molecule has 1 aromatic rings. The lowest BCUT2D eigenvalue weighted by Crippen LogP contribution is -2.32. The number of carboxylic acid groups (broad SMARTS) is 1. The van der Waals surface area contributed by atoms with E-state index in [1.807, 2.05) is 19.1 Å². The van der Waals surface area contributed by atoms with Crippen LogP contribution in [-0.2, 0) is 11.2 Å². The van der Waals surface area contributed by atoms with Gasteiger partial charge in [0, 0.05) is 5.56 Å². The summed E-state index contributed by atoms with van der Waals surface area (Å²) in [7, 11) is 0. The van der Waals surface area contributed by atoms with Crippen LogP contribution in [0, 0.1) is 0 Å². The molecule has 19 heavy (non-hydrogen) atoms. The number of carboxylic acids is 1. The zero-order valence-electron chi connectivity index (χ0n) is 11.5. The minimum Gasteiger partial charge on any atom is -0.488 e. The van der Waals surface area contributed by atoms with Gasteiger partial charge in [-0.1, -0.05) is 24.6 Å². The number of fused-ring (bicyclic) bond motifs is 1. The number of hydrogen-bond acceptors (Lipinski definition) is 2. The fourth-order valence-corrected chi connectivity index (χ4v) is 2.91. The van der Waals surface area contributed by atoms with Gasteiger partial charge in [0.25, 0.3) is 0 Å². The lowest BCUT2D eigenvalue weighted by Gasteiger charge is -2.33. The van der Waals surface area contributed by atoms with E-state index in [2.05, 4.69) is 13.8 Å². The van der Waals surface area contributed by atoms with Crippen LogP contribution in [0.2, 0.25) is 5.02 Å². The molecule has 0 saturated carbocycles. The summed E-state index contributed by atoms with van der Waals surface area (Å²) < 4.78 is 5.92. The maximum Gasteiger partial charge on any atom is 0.303 e. The summed E-state index contributed by atoms with van der Waals surface area (Å²) in [5.41, 5.74) is 1.74. The number of hydrogen-bond donors (Lipinski definition) is 1. The third kappa shape index (κ3) is 3.03. The summed E-state index contributed by atoms with van der Waals surface area (Å²) in [6.45, 7) is 6.00. The molecule has 0 aliphatic carbocycles. The molecule has 1 aliphatic heterocycles. The predicted molar refractivity (Wildman–Crippen MR) is 75.1 cm³/mol. The number of rotatable bonds is 3. The first-order valence-electron chi connectivity index (χ1n) is 6.52. The highest BCUT2D eigenvalue weighted by Crippen LogP contribution is 2.41. The molecule has 0 spiro atoms. The molecule has 104 valence electrons. The number of benzene rings is 1. The average molecular weight is 283 g/mol. The van der Waals surface area contributed by atoms with Crippen molar-refractivity contribution in [3.63, 3.8) is 0 Å².